The Bertz CT molecular complexity index is 400. The van der Waals surface area contributed by atoms with Gasteiger partial charge in [0, 0.05) is 27.1 Å². The van der Waals surface area contributed by atoms with Crippen LogP contribution in [0.25, 0.3) is 0 Å². The zero-order chi connectivity index (χ0) is 10.7. The highest BCUT2D eigenvalue weighted by Crippen LogP contribution is 1.91. The first-order valence-corrected chi connectivity index (χ1v) is 4.51. The van der Waals surface area contributed by atoms with Gasteiger partial charge in [-0.15, -0.1) is 0 Å². The van der Waals surface area contributed by atoms with E-state index in [1.54, 1.807) is 14.1 Å². The fourth-order valence-corrected chi connectivity index (χ4v) is 1.19. The van der Waals surface area contributed by atoms with E-state index < -0.39 is 0 Å². The first-order valence-electron chi connectivity index (χ1n) is 4.10. The summed E-state index contributed by atoms with van der Waals surface area (Å²) in [4.78, 5) is 23.8. The predicted molar refractivity (Wildman–Crippen MR) is 53.5 cm³/mol. The molecule has 78 valence electrons. The van der Waals surface area contributed by atoms with Crippen molar-refractivity contribution in [3.63, 3.8) is 0 Å². The van der Waals surface area contributed by atoms with Crippen molar-refractivity contribution in [2.45, 2.75) is 13.0 Å². The Morgan fingerprint density at radius 2 is 2.14 bits per heavy atom. The number of carbonyl (C=O) groups is 1. The number of H-pyrrole nitrogens is 2. The van der Waals surface area contributed by atoms with Gasteiger partial charge in [-0.3, -0.25) is 14.5 Å². The Labute approximate surface area is 85.5 Å². The zero-order valence-corrected chi connectivity index (χ0v) is 8.85. The molecule has 0 aliphatic heterocycles. The molecule has 7 heteroatoms. The van der Waals surface area contributed by atoms with Crippen LogP contribution in [-0.2, 0) is 11.3 Å². The topological polar surface area (TPSA) is 73.9 Å². The zero-order valence-electron chi connectivity index (χ0n) is 8.03. The number of carbonyl (C=O) groups excluding carboxylic acids is 1. The van der Waals surface area contributed by atoms with Crippen LogP contribution in [0.4, 0.5) is 0 Å². The monoisotopic (exact) mass is 216 g/mol. The first-order chi connectivity index (χ1) is 6.52. The van der Waals surface area contributed by atoms with Crippen LogP contribution in [0.1, 0.15) is 6.42 Å². The maximum atomic E-state index is 11.2. The summed E-state index contributed by atoms with van der Waals surface area (Å²) < 4.78 is 1.62. The van der Waals surface area contributed by atoms with Gasteiger partial charge in [0.1, 0.15) is 0 Å². The highest BCUT2D eigenvalue weighted by Gasteiger charge is 2.06. The van der Waals surface area contributed by atoms with Gasteiger partial charge in [-0.2, -0.15) is 0 Å². The molecule has 1 rings (SSSR count). The summed E-state index contributed by atoms with van der Waals surface area (Å²) in [5, 5.41) is 4.85. The van der Waals surface area contributed by atoms with E-state index in [4.69, 9.17) is 12.2 Å². The van der Waals surface area contributed by atoms with Gasteiger partial charge in [0.2, 0.25) is 5.91 Å². The molecule has 2 N–H and O–H groups in total. The molecule has 0 atom stereocenters. The molecule has 1 aromatic rings. The highest BCUT2D eigenvalue weighted by atomic mass is 32.1. The van der Waals surface area contributed by atoms with Gasteiger partial charge in [0.05, 0.1) is 0 Å². The first kappa shape index (κ1) is 10.7. The lowest BCUT2D eigenvalue weighted by molar-refractivity contribution is -0.128. The lowest BCUT2D eigenvalue weighted by Gasteiger charge is -2.09. The molecular weight excluding hydrogens is 204 g/mol. The number of nitrogens with zero attached hydrogens (tertiary/aromatic N) is 2. The van der Waals surface area contributed by atoms with E-state index in [-0.39, 0.29) is 18.0 Å². The second-order valence-electron chi connectivity index (χ2n) is 3.05. The van der Waals surface area contributed by atoms with Gasteiger partial charge in [-0.1, -0.05) is 0 Å². The van der Waals surface area contributed by atoms with Crippen LogP contribution in [-0.4, -0.2) is 39.7 Å². The van der Waals surface area contributed by atoms with Crippen LogP contribution in [0.2, 0.25) is 0 Å². The average Bonchev–Trinajstić information content (AvgIpc) is 2.43. The summed E-state index contributed by atoms with van der Waals surface area (Å²) in [5.74, 6) is -0.0347. The predicted octanol–water partition coefficient (Wildman–Crippen LogP) is -0.288. The van der Waals surface area contributed by atoms with Crippen LogP contribution in [0.15, 0.2) is 4.79 Å². The molecule has 0 radical (unpaired) electrons. The summed E-state index contributed by atoms with van der Waals surface area (Å²) >= 11 is 4.84. The normalized spacial score (nSPS) is 10.1. The maximum absolute atomic E-state index is 11.2. The van der Waals surface area contributed by atoms with Gasteiger partial charge >= 0.3 is 5.69 Å². The van der Waals surface area contributed by atoms with Crippen LogP contribution < -0.4 is 5.69 Å². The second-order valence-corrected chi connectivity index (χ2v) is 3.44. The number of aromatic nitrogens is 3. The van der Waals surface area contributed by atoms with Crippen molar-refractivity contribution in [2.75, 3.05) is 14.1 Å². The van der Waals surface area contributed by atoms with Crippen molar-refractivity contribution in [3.05, 3.63) is 15.3 Å². The number of hydrogen-bond donors (Lipinski definition) is 2. The van der Waals surface area contributed by atoms with Crippen molar-refractivity contribution in [2.24, 2.45) is 0 Å². The molecule has 0 saturated heterocycles. The third-order valence-corrected chi connectivity index (χ3v) is 2.14. The number of aromatic amines is 2. The molecule has 0 bridgehead atoms. The van der Waals surface area contributed by atoms with Crippen molar-refractivity contribution in [1.82, 2.24) is 19.7 Å². The minimum absolute atomic E-state index is 0.0347. The van der Waals surface area contributed by atoms with E-state index in [2.05, 4.69) is 10.2 Å². The lowest BCUT2D eigenvalue weighted by Crippen LogP contribution is -2.25. The van der Waals surface area contributed by atoms with Crippen molar-refractivity contribution in [3.8, 4) is 0 Å². The van der Waals surface area contributed by atoms with E-state index in [1.807, 2.05) is 0 Å². The van der Waals surface area contributed by atoms with E-state index in [1.165, 1.54) is 9.47 Å². The van der Waals surface area contributed by atoms with Crippen LogP contribution in [0, 0.1) is 4.77 Å². The molecular formula is C7H12N4O2S. The van der Waals surface area contributed by atoms with Crippen molar-refractivity contribution >= 4 is 18.1 Å². The third kappa shape index (κ3) is 2.32. The molecule has 1 heterocycles. The van der Waals surface area contributed by atoms with E-state index in [9.17, 15) is 9.59 Å². The maximum Gasteiger partial charge on any atom is 0.342 e. The third-order valence-electron chi connectivity index (χ3n) is 1.81. The highest BCUT2D eigenvalue weighted by molar-refractivity contribution is 7.71. The fraction of sp³-hybridized carbons (Fsp3) is 0.571. The smallest absolute Gasteiger partial charge is 0.342 e. The minimum atomic E-state index is -0.318. The van der Waals surface area contributed by atoms with E-state index >= 15 is 0 Å². The Morgan fingerprint density at radius 3 is 2.57 bits per heavy atom. The number of rotatable bonds is 3. The number of nitrogens with one attached hydrogen (secondary N) is 2. The molecule has 0 aromatic carbocycles. The summed E-state index contributed by atoms with van der Waals surface area (Å²) in [6, 6.07) is 0. The van der Waals surface area contributed by atoms with Crippen LogP contribution >= 0.6 is 12.2 Å². The summed E-state index contributed by atoms with van der Waals surface area (Å²) in [6.45, 7) is 0.300. The Balaban J connectivity index is 2.67. The standard InChI is InChI=1S/C7H12N4O2S/c1-10(2)5(12)3-4-11-6(13)8-9-7(11)14/h3-4H2,1-2H3,(H,8,13)(H,9,14). The van der Waals surface area contributed by atoms with Gasteiger partial charge < -0.3 is 4.90 Å². The van der Waals surface area contributed by atoms with Gasteiger partial charge in [0.15, 0.2) is 4.77 Å². The minimum Gasteiger partial charge on any atom is -0.349 e. The Hall–Kier alpha value is -1.37. The number of amides is 1. The van der Waals surface area contributed by atoms with E-state index in [0.717, 1.165) is 0 Å². The summed E-state index contributed by atoms with van der Waals surface area (Å²) in [6.07, 6.45) is 0.266. The molecule has 6 nitrogen and oxygen atoms in total. The molecule has 14 heavy (non-hydrogen) atoms. The van der Waals surface area contributed by atoms with Crippen molar-refractivity contribution < 1.29 is 4.79 Å². The quantitative estimate of drug-likeness (QED) is 0.682. The largest absolute Gasteiger partial charge is 0.349 e. The van der Waals surface area contributed by atoms with Crippen LogP contribution in [0.5, 0.6) is 0 Å². The SMILES string of the molecule is CN(C)C(=O)CCn1c(=O)[nH][nH]c1=S. The Kier molecular flexibility index (Phi) is 3.23. The van der Waals surface area contributed by atoms with E-state index in [0.29, 0.717) is 11.3 Å². The molecule has 0 saturated carbocycles. The fourth-order valence-electron chi connectivity index (χ4n) is 0.968. The molecule has 0 aliphatic carbocycles. The molecule has 1 aromatic heterocycles. The summed E-state index contributed by atoms with van der Waals surface area (Å²) in [7, 11) is 3.34. The molecule has 0 spiro atoms. The summed E-state index contributed by atoms with van der Waals surface area (Å²) in [5.41, 5.74) is -0.318. The molecule has 0 unspecified atom stereocenters. The molecule has 0 aliphatic rings. The van der Waals surface area contributed by atoms with Crippen molar-refractivity contribution in [1.29, 1.82) is 0 Å². The Morgan fingerprint density at radius 1 is 1.50 bits per heavy atom. The van der Waals surface area contributed by atoms with Crippen LogP contribution in [0.3, 0.4) is 0 Å². The molecule has 1 amide bonds. The van der Waals surface area contributed by atoms with Gasteiger partial charge in [-0.25, -0.2) is 9.89 Å². The lowest BCUT2D eigenvalue weighted by atomic mass is 10.4. The second kappa shape index (κ2) is 4.23. The number of hydrogen-bond acceptors (Lipinski definition) is 3. The average molecular weight is 216 g/mol. The van der Waals surface area contributed by atoms with Gasteiger partial charge in [0.25, 0.3) is 0 Å². The van der Waals surface area contributed by atoms with Gasteiger partial charge in [-0.05, 0) is 12.2 Å². The molecule has 0 fully saturated rings.